The Balaban J connectivity index is 0.000000141. The molecule has 0 bridgehead atoms. The summed E-state index contributed by atoms with van der Waals surface area (Å²) in [7, 11) is 0. The summed E-state index contributed by atoms with van der Waals surface area (Å²) in [5.74, 6) is 0. The SMILES string of the molecule is C=C(/C=c1/oc2ccccc2c1=C)N(c1ccc(-c2ccc3c4c(cccc24)N(c2ccccc2)c2ccccc2-3)cc1)c1ccc2c(c1)c1ccccc1n2-c1ccccc1.CC1(C)c2ccccc2-c2ccc(N(c3ccc(-c4ccc5c6c(cccc46)N(c4ccccc4)c4ccccc4-5)cc3)c3ccc4c(c3)c3ccccc3n4-c3ccccc3)cc21. The van der Waals surface area contributed by atoms with Gasteiger partial charge in [0.05, 0.1) is 44.8 Å². The van der Waals surface area contributed by atoms with Gasteiger partial charge in [0.1, 0.15) is 11.0 Å². The van der Waals surface area contributed by atoms with Crippen molar-refractivity contribution in [2.24, 2.45) is 0 Å². The molecule has 0 atom stereocenters. The van der Waals surface area contributed by atoms with E-state index < -0.39 is 0 Å². The highest BCUT2D eigenvalue weighted by Crippen LogP contribution is 2.57. The van der Waals surface area contributed by atoms with Crippen LogP contribution in [0.15, 0.2) is 447 Å². The van der Waals surface area contributed by atoms with Gasteiger partial charge in [-0.3, -0.25) is 0 Å². The maximum Gasteiger partial charge on any atom is 0.136 e. The van der Waals surface area contributed by atoms with Crippen LogP contribution in [0.1, 0.15) is 25.0 Å². The van der Waals surface area contributed by atoms with Crippen LogP contribution >= 0.6 is 0 Å². The molecular weight excluding hydrogens is 1530 g/mol. The van der Waals surface area contributed by atoms with Crippen LogP contribution in [0.4, 0.5) is 62.6 Å². The quantitative estimate of drug-likeness (QED) is 0.115. The van der Waals surface area contributed by atoms with Gasteiger partial charge in [-0.25, -0.2) is 0 Å². The summed E-state index contributed by atoms with van der Waals surface area (Å²) in [6.07, 6.45) is 2.01. The summed E-state index contributed by atoms with van der Waals surface area (Å²) >= 11 is 0. The standard InChI is InChI=1S/C61H43N3.C58H39N3O/c1-61(2)54-24-12-9-20-47(54)48-34-32-45(39-55(48)61)62(44-33-37-58-53(38-44)50-22-11-14-26-57(50)63(58)41-16-5-3-6-17-41)43-30-28-40(29-31-43)46-35-36-52-49-21-10-13-25-56(49)64(42-18-7-4-8-19-42)59-27-15-23-51(46)60(52)59;1-38(36-57-39(2)45-20-11-14-27-56(45)62-57)59(44-32-35-54-51(37-44)48-22-10-13-25-53(48)60(54)41-16-5-3-6-17-41)43-30-28-40(29-31-43)46-33-34-50-47-21-9-12-24-52(47)61(42-18-7-4-8-19-42)55-26-15-23-49(46)58(50)55/h3-39H,1-2H3;3-37H,1-2H2/b;57-36+. The van der Waals surface area contributed by atoms with E-state index in [0.717, 1.165) is 95.1 Å². The molecule has 126 heavy (non-hydrogen) atoms. The van der Waals surface area contributed by atoms with Crippen molar-refractivity contribution in [1.29, 1.82) is 0 Å². The first-order chi connectivity index (χ1) is 62.1. The molecule has 0 fully saturated rings. The number of allylic oxidation sites excluding steroid dienone is 1. The van der Waals surface area contributed by atoms with Crippen molar-refractivity contribution in [1.82, 2.24) is 9.13 Å². The smallest absolute Gasteiger partial charge is 0.136 e. The third-order valence-corrected chi connectivity index (χ3v) is 26.3. The van der Waals surface area contributed by atoms with Crippen LogP contribution in [0.5, 0.6) is 0 Å². The van der Waals surface area contributed by atoms with E-state index in [1.54, 1.807) is 0 Å². The number of rotatable bonds is 13. The Morgan fingerprint density at radius 3 is 1.21 bits per heavy atom. The molecule has 2 aliphatic heterocycles. The van der Waals surface area contributed by atoms with E-state index in [2.05, 4.69) is 462 Å². The van der Waals surface area contributed by atoms with Crippen LogP contribution in [0.3, 0.4) is 0 Å². The summed E-state index contributed by atoms with van der Waals surface area (Å²) in [6.45, 7) is 13.8. The summed E-state index contributed by atoms with van der Waals surface area (Å²) in [5.41, 5.74) is 36.6. The van der Waals surface area contributed by atoms with Crippen LogP contribution in [0, 0.1) is 0 Å². The number of benzene rings is 19. The van der Waals surface area contributed by atoms with Crippen LogP contribution < -0.4 is 30.2 Å². The van der Waals surface area contributed by atoms with Crippen molar-refractivity contribution in [3.05, 3.63) is 465 Å². The Kier molecular flexibility index (Phi) is 17.1. The fraction of sp³-hybridized carbons (Fsp3) is 0.0252. The summed E-state index contributed by atoms with van der Waals surface area (Å²) in [4.78, 5) is 9.48. The number of furan rings is 1. The second-order valence-electron chi connectivity index (χ2n) is 33.6. The van der Waals surface area contributed by atoms with Crippen molar-refractivity contribution < 1.29 is 4.42 Å². The molecule has 5 heterocycles. The Labute approximate surface area is 730 Å². The molecule has 594 valence electrons. The fourth-order valence-corrected chi connectivity index (χ4v) is 20.6. The molecule has 1 aliphatic carbocycles. The largest absolute Gasteiger partial charge is 0.456 e. The molecule has 22 aromatic rings. The van der Waals surface area contributed by atoms with Crippen molar-refractivity contribution in [2.45, 2.75) is 19.3 Å². The zero-order chi connectivity index (χ0) is 83.8. The number of para-hydroxylation sites is 9. The molecule has 7 nitrogen and oxygen atoms in total. The highest BCUT2D eigenvalue weighted by molar-refractivity contribution is 6.20. The molecule has 7 heteroatoms. The van der Waals surface area contributed by atoms with Crippen LogP contribution in [-0.4, -0.2) is 9.13 Å². The van der Waals surface area contributed by atoms with Gasteiger partial charge in [-0.05, 0) is 230 Å². The van der Waals surface area contributed by atoms with Crippen LogP contribution in [-0.2, 0) is 5.41 Å². The van der Waals surface area contributed by atoms with Gasteiger partial charge in [-0.15, -0.1) is 0 Å². The van der Waals surface area contributed by atoms with E-state index in [1.807, 2.05) is 30.3 Å². The lowest BCUT2D eigenvalue weighted by atomic mass is 9.82. The number of nitrogens with zero attached hydrogens (tertiary/aromatic N) is 6. The van der Waals surface area contributed by atoms with E-state index >= 15 is 0 Å². The molecule has 25 rings (SSSR count). The summed E-state index contributed by atoms with van der Waals surface area (Å²) in [5, 5.41) is 11.6. The molecule has 0 unspecified atom stereocenters. The van der Waals surface area contributed by atoms with E-state index in [1.165, 1.54) is 133 Å². The zero-order valence-electron chi connectivity index (χ0n) is 69.6. The minimum absolute atomic E-state index is 0.129. The lowest BCUT2D eigenvalue weighted by molar-refractivity contribution is 0.575. The van der Waals surface area contributed by atoms with E-state index in [0.29, 0.717) is 5.42 Å². The lowest BCUT2D eigenvalue weighted by Gasteiger charge is -2.34. The molecule has 0 radical (unpaired) electrons. The van der Waals surface area contributed by atoms with Crippen molar-refractivity contribution in [3.8, 4) is 67.0 Å². The van der Waals surface area contributed by atoms with Crippen molar-refractivity contribution in [3.63, 3.8) is 0 Å². The first-order valence-electron chi connectivity index (χ1n) is 43.2. The zero-order valence-corrected chi connectivity index (χ0v) is 69.6. The normalized spacial score (nSPS) is 12.8. The highest BCUT2D eigenvalue weighted by Gasteiger charge is 2.37. The number of anilines is 11. The molecule has 0 saturated carbocycles. The maximum absolute atomic E-state index is 6.37. The monoisotopic (exact) mass is 1610 g/mol. The average molecular weight is 1610 g/mol. The Morgan fingerprint density at radius 2 is 0.667 bits per heavy atom. The van der Waals surface area contributed by atoms with Gasteiger partial charge in [0.25, 0.3) is 0 Å². The van der Waals surface area contributed by atoms with Crippen LogP contribution in [0.2, 0.25) is 0 Å². The fourth-order valence-electron chi connectivity index (χ4n) is 20.6. The van der Waals surface area contributed by atoms with Crippen LogP contribution in [0.25, 0.3) is 156 Å². The maximum atomic E-state index is 6.37. The highest BCUT2D eigenvalue weighted by atomic mass is 16.3. The van der Waals surface area contributed by atoms with Gasteiger partial charge in [0, 0.05) is 122 Å². The molecule has 0 N–H and O–H groups in total. The first kappa shape index (κ1) is 73.4. The molecule has 3 aromatic heterocycles. The van der Waals surface area contributed by atoms with Gasteiger partial charge in [-0.2, -0.15) is 0 Å². The van der Waals surface area contributed by atoms with Gasteiger partial charge in [-0.1, -0.05) is 294 Å². The molecular formula is C119H82N6O. The topological polar surface area (TPSA) is 36.0 Å². The molecule has 19 aromatic carbocycles. The second kappa shape index (κ2) is 29.4. The number of hydrogen-bond acceptors (Lipinski definition) is 5. The second-order valence-corrected chi connectivity index (χ2v) is 33.6. The van der Waals surface area contributed by atoms with Gasteiger partial charge in [0.2, 0.25) is 0 Å². The minimum atomic E-state index is -0.129. The first-order valence-corrected chi connectivity index (χ1v) is 43.2. The van der Waals surface area contributed by atoms with Crippen molar-refractivity contribution in [2.75, 3.05) is 19.6 Å². The Bertz CT molecular complexity index is 8290. The Hall–Kier alpha value is -16.5. The Morgan fingerprint density at radius 1 is 0.286 bits per heavy atom. The molecule has 0 amide bonds. The predicted octanol–water partition coefficient (Wildman–Crippen LogP) is 31.2. The van der Waals surface area contributed by atoms with Gasteiger partial charge < -0.3 is 33.2 Å². The summed E-state index contributed by atoms with van der Waals surface area (Å²) < 4.78 is 11.1. The molecule has 0 spiro atoms. The van der Waals surface area contributed by atoms with E-state index in [-0.39, 0.29) is 5.41 Å². The lowest BCUT2D eigenvalue weighted by Crippen LogP contribution is -2.22. The minimum Gasteiger partial charge on any atom is -0.456 e. The predicted molar refractivity (Wildman–Crippen MR) is 530 cm³/mol. The molecule has 0 saturated heterocycles. The third kappa shape index (κ3) is 11.7. The number of fused-ring (bicyclic) bond motifs is 14. The number of aromatic nitrogens is 2. The van der Waals surface area contributed by atoms with Gasteiger partial charge in [0.15, 0.2) is 0 Å². The van der Waals surface area contributed by atoms with E-state index in [9.17, 15) is 0 Å². The third-order valence-electron chi connectivity index (χ3n) is 26.3. The van der Waals surface area contributed by atoms with E-state index in [4.69, 9.17) is 4.42 Å². The summed E-state index contributed by atoms with van der Waals surface area (Å²) in [6, 6.07) is 156. The van der Waals surface area contributed by atoms with Crippen molar-refractivity contribution >= 4 is 151 Å². The van der Waals surface area contributed by atoms with Gasteiger partial charge >= 0.3 is 0 Å². The molecule has 3 aliphatic rings. The number of hydrogen-bond donors (Lipinski definition) is 0. The average Bonchev–Trinajstić information content (AvgIpc) is 1.27.